The molecule has 3 rings (SSSR count). The third-order valence-corrected chi connectivity index (χ3v) is 4.59. The van der Waals surface area contributed by atoms with Gasteiger partial charge in [0.05, 0.1) is 5.69 Å². The first-order valence-corrected chi connectivity index (χ1v) is 8.84. The molecule has 1 aliphatic heterocycles. The van der Waals surface area contributed by atoms with Crippen LogP contribution in [0.5, 0.6) is 0 Å². The Hall–Kier alpha value is -2.94. The summed E-state index contributed by atoms with van der Waals surface area (Å²) in [5, 5.41) is 2.14. The Bertz CT molecular complexity index is 899. The van der Waals surface area contributed by atoms with Gasteiger partial charge < -0.3 is 15.1 Å². The smallest absolute Gasteiger partial charge is 0.274 e. The molecule has 1 aliphatic rings. The topological polar surface area (TPSA) is 65.5 Å². The van der Waals surface area contributed by atoms with Gasteiger partial charge in [-0.1, -0.05) is 13.0 Å². The largest absolute Gasteiger partial charge is 0.335 e. The summed E-state index contributed by atoms with van der Waals surface area (Å²) in [7, 11) is 0. The van der Waals surface area contributed by atoms with Crippen LogP contribution < -0.4 is 5.32 Å². The Morgan fingerprint density at radius 3 is 2.36 bits per heavy atom. The molecule has 1 saturated heterocycles. The van der Waals surface area contributed by atoms with Gasteiger partial charge in [0, 0.05) is 26.2 Å². The fourth-order valence-corrected chi connectivity index (χ4v) is 2.92. The van der Waals surface area contributed by atoms with Crippen molar-refractivity contribution >= 4 is 17.5 Å². The first-order chi connectivity index (χ1) is 13.4. The number of hydrogen-bond donors (Lipinski definition) is 1. The number of rotatable bonds is 4. The number of carbonyl (C=O) groups excluding carboxylic acids is 2. The van der Waals surface area contributed by atoms with E-state index in [4.69, 9.17) is 0 Å². The highest BCUT2D eigenvalue weighted by Crippen LogP contribution is 2.20. The van der Waals surface area contributed by atoms with E-state index < -0.39 is 29.0 Å². The molecule has 1 fully saturated rings. The van der Waals surface area contributed by atoms with Crippen molar-refractivity contribution in [3.8, 4) is 0 Å². The molecule has 2 amide bonds. The molecule has 28 heavy (non-hydrogen) atoms. The third-order valence-electron chi connectivity index (χ3n) is 4.59. The van der Waals surface area contributed by atoms with E-state index in [2.05, 4.69) is 22.1 Å². The van der Waals surface area contributed by atoms with Crippen LogP contribution in [0.3, 0.4) is 0 Å². The normalized spacial score (nSPS) is 14.8. The zero-order chi connectivity index (χ0) is 20.3. The van der Waals surface area contributed by atoms with E-state index in [1.807, 2.05) is 0 Å². The molecule has 2 heterocycles. The molecule has 148 valence electrons. The minimum absolute atomic E-state index is 0.0864. The number of nitrogens with zero attached hydrogens (tertiary/aromatic N) is 3. The van der Waals surface area contributed by atoms with Gasteiger partial charge in [0.25, 0.3) is 11.8 Å². The molecular weight excluding hydrogens is 373 g/mol. The van der Waals surface area contributed by atoms with Gasteiger partial charge in [-0.15, -0.1) is 0 Å². The van der Waals surface area contributed by atoms with Gasteiger partial charge in [-0.2, -0.15) is 0 Å². The SMILES string of the molecule is CCN1CCN(C(=O)c2cccc(C(=O)Nc3ccc(F)c(F)c3F)n2)CC1. The fourth-order valence-electron chi connectivity index (χ4n) is 2.92. The summed E-state index contributed by atoms with van der Waals surface area (Å²) in [5.74, 6) is -5.68. The molecule has 0 saturated carbocycles. The van der Waals surface area contributed by atoms with E-state index in [-0.39, 0.29) is 17.3 Å². The average Bonchev–Trinajstić information content (AvgIpc) is 2.73. The molecule has 1 N–H and O–H groups in total. The van der Waals surface area contributed by atoms with Gasteiger partial charge in [-0.3, -0.25) is 9.59 Å². The van der Waals surface area contributed by atoms with Crippen molar-refractivity contribution in [2.24, 2.45) is 0 Å². The highest BCUT2D eigenvalue weighted by atomic mass is 19.2. The van der Waals surface area contributed by atoms with Crippen LogP contribution in [0.2, 0.25) is 0 Å². The summed E-state index contributed by atoms with van der Waals surface area (Å²) in [6.45, 7) is 5.61. The molecule has 0 atom stereocenters. The maximum atomic E-state index is 13.7. The lowest BCUT2D eigenvalue weighted by Crippen LogP contribution is -2.48. The van der Waals surface area contributed by atoms with Crippen molar-refractivity contribution in [3.05, 3.63) is 59.2 Å². The quantitative estimate of drug-likeness (QED) is 0.813. The van der Waals surface area contributed by atoms with E-state index in [0.29, 0.717) is 19.2 Å². The number of halogens is 3. The van der Waals surface area contributed by atoms with Gasteiger partial charge >= 0.3 is 0 Å². The molecule has 9 heteroatoms. The zero-order valence-corrected chi connectivity index (χ0v) is 15.2. The number of anilines is 1. The van der Waals surface area contributed by atoms with Gasteiger partial charge in [-0.25, -0.2) is 18.2 Å². The van der Waals surface area contributed by atoms with Crippen LogP contribution in [-0.4, -0.2) is 59.3 Å². The van der Waals surface area contributed by atoms with E-state index in [1.165, 1.54) is 18.2 Å². The third kappa shape index (κ3) is 4.14. The second-order valence-corrected chi connectivity index (χ2v) is 6.31. The molecule has 1 aromatic heterocycles. The molecule has 0 bridgehead atoms. The number of amides is 2. The highest BCUT2D eigenvalue weighted by molar-refractivity contribution is 6.03. The van der Waals surface area contributed by atoms with Crippen molar-refractivity contribution in [1.82, 2.24) is 14.8 Å². The predicted molar refractivity (Wildman–Crippen MR) is 96.5 cm³/mol. The average molecular weight is 392 g/mol. The number of aromatic nitrogens is 1. The summed E-state index contributed by atoms with van der Waals surface area (Å²) in [6.07, 6.45) is 0. The second-order valence-electron chi connectivity index (χ2n) is 6.31. The summed E-state index contributed by atoms with van der Waals surface area (Å²) < 4.78 is 40.0. The van der Waals surface area contributed by atoms with E-state index >= 15 is 0 Å². The van der Waals surface area contributed by atoms with Crippen molar-refractivity contribution in [1.29, 1.82) is 0 Å². The standard InChI is InChI=1S/C19H19F3N4O2/c1-2-25-8-10-26(11-9-25)19(28)15-5-3-4-14(23-15)18(27)24-13-7-6-12(20)16(21)17(13)22/h3-7H,2,8-11H2,1H3,(H,24,27). The monoisotopic (exact) mass is 392 g/mol. The maximum Gasteiger partial charge on any atom is 0.274 e. The van der Waals surface area contributed by atoms with Crippen molar-refractivity contribution in [3.63, 3.8) is 0 Å². The molecular formula is C19H19F3N4O2. The second kappa shape index (κ2) is 8.39. The van der Waals surface area contributed by atoms with Crippen LogP contribution in [0.15, 0.2) is 30.3 Å². The Balaban J connectivity index is 1.73. The van der Waals surface area contributed by atoms with Crippen LogP contribution in [0.4, 0.5) is 18.9 Å². The lowest BCUT2D eigenvalue weighted by atomic mass is 10.2. The fraction of sp³-hybridized carbons (Fsp3) is 0.316. The van der Waals surface area contributed by atoms with E-state index in [0.717, 1.165) is 25.7 Å². The lowest BCUT2D eigenvalue weighted by Gasteiger charge is -2.33. The molecule has 2 aromatic rings. The minimum Gasteiger partial charge on any atom is -0.335 e. The number of likely N-dealkylation sites (N-methyl/N-ethyl adjacent to an activating group) is 1. The zero-order valence-electron chi connectivity index (χ0n) is 15.2. The lowest BCUT2D eigenvalue weighted by molar-refractivity contribution is 0.0637. The number of carbonyl (C=O) groups is 2. The van der Waals surface area contributed by atoms with Crippen molar-refractivity contribution in [2.75, 3.05) is 38.0 Å². The molecule has 0 spiro atoms. The van der Waals surface area contributed by atoms with Gasteiger partial charge in [-0.05, 0) is 30.8 Å². The summed E-state index contributed by atoms with van der Waals surface area (Å²) in [4.78, 5) is 32.9. The molecule has 0 aliphatic carbocycles. The van der Waals surface area contributed by atoms with Gasteiger partial charge in [0.15, 0.2) is 17.5 Å². The highest BCUT2D eigenvalue weighted by Gasteiger charge is 2.23. The van der Waals surface area contributed by atoms with Gasteiger partial charge in [0.2, 0.25) is 0 Å². The number of hydrogen-bond acceptors (Lipinski definition) is 4. The van der Waals surface area contributed by atoms with Crippen LogP contribution >= 0.6 is 0 Å². The number of benzene rings is 1. The van der Waals surface area contributed by atoms with Crippen molar-refractivity contribution in [2.45, 2.75) is 6.92 Å². The molecule has 1 aromatic carbocycles. The number of pyridine rings is 1. The maximum absolute atomic E-state index is 13.7. The Kier molecular flexibility index (Phi) is 5.93. The summed E-state index contributed by atoms with van der Waals surface area (Å²) in [5.41, 5.74) is -0.566. The number of nitrogens with one attached hydrogen (secondary N) is 1. The number of piperazine rings is 1. The molecule has 0 radical (unpaired) electrons. The van der Waals surface area contributed by atoms with Crippen LogP contribution in [0.1, 0.15) is 27.9 Å². The predicted octanol–water partition coefficient (Wildman–Crippen LogP) is 2.53. The Morgan fingerprint density at radius 2 is 1.68 bits per heavy atom. The Labute approximate surface area is 160 Å². The molecule has 6 nitrogen and oxygen atoms in total. The van der Waals surface area contributed by atoms with Crippen molar-refractivity contribution < 1.29 is 22.8 Å². The summed E-state index contributed by atoms with van der Waals surface area (Å²) >= 11 is 0. The summed E-state index contributed by atoms with van der Waals surface area (Å²) in [6, 6.07) is 5.94. The Morgan fingerprint density at radius 1 is 1.00 bits per heavy atom. The molecule has 0 unspecified atom stereocenters. The minimum atomic E-state index is -1.68. The van der Waals surface area contributed by atoms with Gasteiger partial charge in [0.1, 0.15) is 11.4 Å². The van der Waals surface area contributed by atoms with Crippen LogP contribution in [-0.2, 0) is 0 Å². The first-order valence-electron chi connectivity index (χ1n) is 8.84. The first kappa shape index (κ1) is 19.8. The van der Waals surface area contributed by atoms with E-state index in [1.54, 1.807) is 4.90 Å². The van der Waals surface area contributed by atoms with Crippen LogP contribution in [0.25, 0.3) is 0 Å². The van der Waals surface area contributed by atoms with E-state index in [9.17, 15) is 22.8 Å². The van der Waals surface area contributed by atoms with Crippen LogP contribution in [0, 0.1) is 17.5 Å².